The van der Waals surface area contributed by atoms with Gasteiger partial charge in [-0.3, -0.25) is 0 Å². The molecule has 0 atom stereocenters. The molecule has 1 aromatic heterocycles. The first-order valence-electron chi connectivity index (χ1n) is 7.25. The van der Waals surface area contributed by atoms with Crippen LogP contribution < -0.4 is 4.74 Å². The Hall–Kier alpha value is -2.91. The van der Waals surface area contributed by atoms with Crippen molar-refractivity contribution < 1.29 is 9.47 Å². The van der Waals surface area contributed by atoms with E-state index in [2.05, 4.69) is 22.4 Å². The average molecular weight is 308 g/mol. The summed E-state index contributed by atoms with van der Waals surface area (Å²) in [5.74, 6) is 0.831. The summed E-state index contributed by atoms with van der Waals surface area (Å²) < 4.78 is 12.6. The number of benzene rings is 2. The van der Waals surface area contributed by atoms with Gasteiger partial charge >= 0.3 is 0 Å². The van der Waals surface area contributed by atoms with Crippen molar-refractivity contribution in [3.8, 4) is 11.8 Å². The van der Waals surface area contributed by atoms with Crippen molar-refractivity contribution in [2.24, 2.45) is 0 Å². The fourth-order valence-corrected chi connectivity index (χ4v) is 2.44. The Morgan fingerprint density at radius 1 is 1.17 bits per heavy atom. The summed E-state index contributed by atoms with van der Waals surface area (Å²) in [4.78, 5) is 0. The third-order valence-electron chi connectivity index (χ3n) is 3.53. The Labute approximate surface area is 133 Å². The molecule has 1 heterocycles. The summed E-state index contributed by atoms with van der Waals surface area (Å²) in [5, 5.41) is 19.1. The van der Waals surface area contributed by atoms with Crippen LogP contribution in [0, 0.1) is 11.3 Å². The van der Waals surface area contributed by atoms with Gasteiger partial charge in [0.15, 0.2) is 5.69 Å². The highest BCUT2D eigenvalue weighted by Gasteiger charge is 2.12. The largest absolute Gasteiger partial charge is 0.491 e. The van der Waals surface area contributed by atoms with E-state index < -0.39 is 0 Å². The monoisotopic (exact) mass is 308 g/mol. The van der Waals surface area contributed by atoms with Crippen molar-refractivity contribution in [2.75, 3.05) is 13.7 Å². The van der Waals surface area contributed by atoms with Crippen LogP contribution in [0.3, 0.4) is 0 Å². The van der Waals surface area contributed by atoms with Crippen LogP contribution in [-0.4, -0.2) is 28.7 Å². The molecule has 6 heteroatoms. The van der Waals surface area contributed by atoms with E-state index in [9.17, 15) is 0 Å². The number of methoxy groups -OCH3 is 1. The molecule has 23 heavy (non-hydrogen) atoms. The molecule has 0 aliphatic carbocycles. The van der Waals surface area contributed by atoms with Gasteiger partial charge in [-0.05, 0) is 11.5 Å². The molecule has 0 saturated carbocycles. The number of rotatable bonds is 6. The molecular weight excluding hydrogens is 292 g/mol. The van der Waals surface area contributed by atoms with Crippen LogP contribution in [0.1, 0.15) is 11.4 Å². The first kappa shape index (κ1) is 15.0. The van der Waals surface area contributed by atoms with Crippen LogP contribution in [0.25, 0.3) is 10.8 Å². The van der Waals surface area contributed by atoms with E-state index >= 15 is 0 Å². The quantitative estimate of drug-likeness (QED) is 0.699. The summed E-state index contributed by atoms with van der Waals surface area (Å²) in [5.41, 5.74) is 0.952. The maximum atomic E-state index is 9.03. The molecule has 116 valence electrons. The van der Waals surface area contributed by atoms with Gasteiger partial charge in [0.05, 0.1) is 13.2 Å². The maximum Gasteiger partial charge on any atom is 0.188 e. The minimum atomic E-state index is 0.289. The highest BCUT2D eigenvalue weighted by molar-refractivity contribution is 5.88. The van der Waals surface area contributed by atoms with Gasteiger partial charge in [-0.2, -0.15) is 5.26 Å². The van der Waals surface area contributed by atoms with Gasteiger partial charge in [-0.15, -0.1) is 5.10 Å². The van der Waals surface area contributed by atoms with E-state index in [1.807, 2.05) is 36.4 Å². The maximum absolute atomic E-state index is 9.03. The molecule has 0 amide bonds. The second kappa shape index (κ2) is 6.90. The summed E-state index contributed by atoms with van der Waals surface area (Å²) >= 11 is 0. The molecule has 0 unspecified atom stereocenters. The molecule has 6 nitrogen and oxygen atoms in total. The fourth-order valence-electron chi connectivity index (χ4n) is 2.44. The van der Waals surface area contributed by atoms with Crippen LogP contribution in [0.2, 0.25) is 0 Å². The minimum Gasteiger partial charge on any atom is -0.491 e. The van der Waals surface area contributed by atoms with E-state index in [0.29, 0.717) is 25.5 Å². The van der Waals surface area contributed by atoms with Crippen LogP contribution in [0.5, 0.6) is 5.75 Å². The van der Waals surface area contributed by atoms with Gasteiger partial charge in [0.25, 0.3) is 0 Å². The number of hydrogen-bond donors (Lipinski definition) is 0. The summed E-state index contributed by atoms with van der Waals surface area (Å²) in [6, 6.07) is 16.1. The molecule has 0 saturated heterocycles. The van der Waals surface area contributed by atoms with Crippen molar-refractivity contribution in [2.45, 2.75) is 13.2 Å². The molecule has 3 rings (SSSR count). The zero-order chi connectivity index (χ0) is 16.1. The second-order valence-corrected chi connectivity index (χ2v) is 4.98. The lowest BCUT2D eigenvalue weighted by Gasteiger charge is -2.10. The normalized spacial score (nSPS) is 10.6. The molecule has 3 aromatic rings. The number of aromatic nitrogens is 3. The summed E-state index contributed by atoms with van der Waals surface area (Å²) in [6.07, 6.45) is 0. The van der Waals surface area contributed by atoms with Crippen LogP contribution in [0.15, 0.2) is 42.5 Å². The Morgan fingerprint density at radius 2 is 2.00 bits per heavy atom. The number of nitriles is 1. The van der Waals surface area contributed by atoms with Crippen molar-refractivity contribution in [1.29, 1.82) is 5.26 Å². The molecular formula is C17H16N4O2. The molecule has 0 radical (unpaired) electrons. The Bertz CT molecular complexity index is 846. The van der Waals surface area contributed by atoms with Crippen LogP contribution in [0.4, 0.5) is 0 Å². The molecule has 0 spiro atoms. The first-order valence-corrected chi connectivity index (χ1v) is 7.25. The predicted molar refractivity (Wildman–Crippen MR) is 84.9 cm³/mol. The Kier molecular flexibility index (Phi) is 4.50. The van der Waals surface area contributed by atoms with Gasteiger partial charge in [0.2, 0.25) is 0 Å². The third-order valence-corrected chi connectivity index (χ3v) is 3.53. The van der Waals surface area contributed by atoms with E-state index in [4.69, 9.17) is 14.7 Å². The smallest absolute Gasteiger partial charge is 0.188 e. The summed E-state index contributed by atoms with van der Waals surface area (Å²) in [7, 11) is 1.57. The van der Waals surface area contributed by atoms with E-state index in [1.165, 1.54) is 0 Å². The van der Waals surface area contributed by atoms with Gasteiger partial charge in [-0.25, -0.2) is 4.68 Å². The molecule has 0 bridgehead atoms. The number of nitrogens with zero attached hydrogens (tertiary/aromatic N) is 4. The zero-order valence-electron chi connectivity index (χ0n) is 12.8. The molecule has 0 aliphatic rings. The minimum absolute atomic E-state index is 0.289. The van der Waals surface area contributed by atoms with Crippen molar-refractivity contribution in [3.63, 3.8) is 0 Å². The van der Waals surface area contributed by atoms with E-state index in [1.54, 1.807) is 11.8 Å². The molecule has 0 fully saturated rings. The highest BCUT2D eigenvalue weighted by atomic mass is 16.5. The van der Waals surface area contributed by atoms with Crippen molar-refractivity contribution >= 4 is 10.8 Å². The number of ether oxygens (including phenoxy) is 2. The first-order chi connectivity index (χ1) is 11.3. The topological polar surface area (TPSA) is 73.0 Å². The van der Waals surface area contributed by atoms with Gasteiger partial charge < -0.3 is 9.47 Å². The van der Waals surface area contributed by atoms with Crippen molar-refractivity contribution in [3.05, 3.63) is 53.9 Å². The predicted octanol–water partition coefficient (Wildman–Crippen LogP) is 2.53. The zero-order valence-corrected chi connectivity index (χ0v) is 12.8. The standard InChI is InChI=1S/C17H16N4O2/c1-22-12-16-15(11-18)19-20-21(16)9-10-23-17-8-4-6-13-5-2-3-7-14(13)17/h2-8H,9-10,12H2,1H3. The van der Waals surface area contributed by atoms with Crippen LogP contribution in [-0.2, 0) is 17.9 Å². The Morgan fingerprint density at radius 3 is 2.83 bits per heavy atom. The van der Waals surface area contributed by atoms with Gasteiger partial charge in [-0.1, -0.05) is 41.6 Å². The van der Waals surface area contributed by atoms with Gasteiger partial charge in [0, 0.05) is 12.5 Å². The lowest BCUT2D eigenvalue weighted by molar-refractivity contribution is 0.174. The van der Waals surface area contributed by atoms with E-state index in [-0.39, 0.29) is 5.69 Å². The SMILES string of the molecule is COCc1c(C#N)nnn1CCOc1cccc2ccccc12. The summed E-state index contributed by atoms with van der Waals surface area (Å²) in [6.45, 7) is 1.22. The van der Waals surface area contributed by atoms with Gasteiger partial charge in [0.1, 0.15) is 24.1 Å². The molecule has 2 aromatic carbocycles. The number of fused-ring (bicyclic) bond motifs is 1. The highest BCUT2D eigenvalue weighted by Crippen LogP contribution is 2.25. The van der Waals surface area contributed by atoms with E-state index in [0.717, 1.165) is 16.5 Å². The molecule has 0 aliphatic heterocycles. The third kappa shape index (κ3) is 3.15. The average Bonchev–Trinajstić information content (AvgIpc) is 2.97. The van der Waals surface area contributed by atoms with Crippen molar-refractivity contribution in [1.82, 2.24) is 15.0 Å². The lowest BCUT2D eigenvalue weighted by Crippen LogP contribution is -2.13. The second-order valence-electron chi connectivity index (χ2n) is 4.98. The molecule has 0 N–H and O–H groups in total. The fraction of sp³-hybridized carbons (Fsp3) is 0.235. The van der Waals surface area contributed by atoms with Crippen LogP contribution >= 0.6 is 0 Å². The lowest BCUT2D eigenvalue weighted by atomic mass is 10.1. The number of hydrogen-bond acceptors (Lipinski definition) is 5. The Balaban J connectivity index is 1.72.